The lowest BCUT2D eigenvalue weighted by molar-refractivity contribution is 0.0841. The first-order valence-corrected chi connectivity index (χ1v) is 8.59. The van der Waals surface area contributed by atoms with Gasteiger partial charge in [-0.1, -0.05) is 43.7 Å². The van der Waals surface area contributed by atoms with E-state index in [2.05, 4.69) is 27.7 Å². The van der Waals surface area contributed by atoms with Crippen molar-refractivity contribution in [3.8, 4) is 0 Å². The Morgan fingerprint density at radius 3 is 2.38 bits per heavy atom. The summed E-state index contributed by atoms with van der Waals surface area (Å²) < 4.78 is 0. The fourth-order valence-electron chi connectivity index (χ4n) is 2.52. The maximum atomic E-state index is 12.2. The van der Waals surface area contributed by atoms with Crippen LogP contribution < -0.4 is 10.9 Å². The molecule has 6 nitrogen and oxygen atoms in total. The number of hydrazine groups is 1. The second kappa shape index (κ2) is 8.20. The van der Waals surface area contributed by atoms with Crippen LogP contribution in [-0.4, -0.2) is 21.8 Å². The number of aryl methyl sites for hydroxylation is 1. The average Bonchev–Trinajstić information content (AvgIpc) is 2.70. The predicted octanol–water partition coefficient (Wildman–Crippen LogP) is 3.05. The number of nitrogens with zero attached hydrogens (tertiary/aromatic N) is 2. The summed E-state index contributed by atoms with van der Waals surface area (Å²) in [7, 11) is 0. The van der Waals surface area contributed by atoms with Crippen LogP contribution >= 0.6 is 0 Å². The molecule has 2 heterocycles. The molecule has 0 atom stereocenters. The molecule has 0 spiro atoms. The first-order chi connectivity index (χ1) is 12.7. The van der Waals surface area contributed by atoms with Crippen LogP contribution in [0.1, 0.15) is 46.3 Å². The number of para-hydroxylation sites is 1. The van der Waals surface area contributed by atoms with E-state index in [4.69, 9.17) is 0 Å². The molecule has 0 radical (unpaired) electrons. The Morgan fingerprint density at radius 1 is 0.923 bits per heavy atom. The number of hydrogen-bond acceptors (Lipinski definition) is 4. The number of pyridine rings is 2. The zero-order valence-corrected chi connectivity index (χ0v) is 14.5. The Morgan fingerprint density at radius 2 is 1.65 bits per heavy atom. The molecule has 132 valence electrons. The molecule has 2 N–H and O–H groups in total. The Hall–Kier alpha value is -3.28. The number of amides is 2. The van der Waals surface area contributed by atoms with Crippen LogP contribution in [0.3, 0.4) is 0 Å². The molecule has 0 fully saturated rings. The summed E-state index contributed by atoms with van der Waals surface area (Å²) >= 11 is 0. The molecule has 2 aromatic heterocycles. The van der Waals surface area contributed by atoms with Crippen LogP contribution in [0.5, 0.6) is 0 Å². The number of hydrogen-bond donors (Lipinski definition) is 2. The highest BCUT2D eigenvalue weighted by Crippen LogP contribution is 2.11. The smallest absolute Gasteiger partial charge is 0.266 e. The second-order valence-corrected chi connectivity index (χ2v) is 5.95. The van der Waals surface area contributed by atoms with E-state index in [-0.39, 0.29) is 11.4 Å². The maximum Gasteiger partial charge on any atom is 0.288 e. The van der Waals surface area contributed by atoms with Gasteiger partial charge in [-0.3, -0.25) is 25.4 Å². The monoisotopic (exact) mass is 348 g/mol. The molecular formula is C20H20N4O2. The lowest BCUT2D eigenvalue weighted by atomic mass is 10.1. The lowest BCUT2D eigenvalue weighted by Gasteiger charge is -2.08. The van der Waals surface area contributed by atoms with Gasteiger partial charge in [0.1, 0.15) is 11.4 Å². The molecule has 3 rings (SSSR count). The Bertz CT molecular complexity index is 923. The Balaban J connectivity index is 1.60. The summed E-state index contributed by atoms with van der Waals surface area (Å²) in [6.45, 7) is 2.13. The molecule has 0 bridgehead atoms. The Kier molecular flexibility index (Phi) is 5.53. The average molecular weight is 348 g/mol. The standard InChI is InChI=1S/C20H20N4O2/c1-2-3-6-14-9-11-17(21-13-14)19(25)23-24-20(26)18-12-10-15-7-4-5-8-16(15)22-18/h4-5,7-13H,2-3,6H2,1H3,(H,23,25)(H,24,26). The predicted molar refractivity (Wildman–Crippen MR) is 99.5 cm³/mol. The molecule has 26 heavy (non-hydrogen) atoms. The van der Waals surface area contributed by atoms with Gasteiger partial charge < -0.3 is 0 Å². The van der Waals surface area contributed by atoms with Crippen molar-refractivity contribution in [2.75, 3.05) is 0 Å². The zero-order chi connectivity index (χ0) is 18.4. The number of nitrogens with one attached hydrogen (secondary N) is 2. The number of rotatable bonds is 5. The number of aromatic nitrogens is 2. The van der Waals surface area contributed by atoms with E-state index < -0.39 is 11.8 Å². The number of unbranched alkanes of at least 4 members (excludes halogenated alkanes) is 1. The molecular weight excluding hydrogens is 328 g/mol. The topological polar surface area (TPSA) is 84.0 Å². The van der Waals surface area contributed by atoms with Crippen molar-refractivity contribution < 1.29 is 9.59 Å². The van der Waals surface area contributed by atoms with E-state index in [0.29, 0.717) is 0 Å². The van der Waals surface area contributed by atoms with Crippen molar-refractivity contribution in [1.82, 2.24) is 20.8 Å². The maximum absolute atomic E-state index is 12.2. The third-order valence-electron chi connectivity index (χ3n) is 4.00. The number of carbonyl (C=O) groups excluding carboxylic acids is 2. The highest BCUT2D eigenvalue weighted by molar-refractivity contribution is 5.98. The third kappa shape index (κ3) is 4.22. The Labute approximate surface area is 151 Å². The van der Waals surface area contributed by atoms with Crippen LogP contribution in [0.15, 0.2) is 54.7 Å². The van der Waals surface area contributed by atoms with Gasteiger partial charge in [0.05, 0.1) is 5.52 Å². The van der Waals surface area contributed by atoms with E-state index in [0.717, 1.165) is 35.7 Å². The van der Waals surface area contributed by atoms with E-state index in [9.17, 15) is 9.59 Å². The lowest BCUT2D eigenvalue weighted by Crippen LogP contribution is -2.42. The minimum atomic E-state index is -0.483. The van der Waals surface area contributed by atoms with E-state index in [1.807, 2.05) is 36.4 Å². The van der Waals surface area contributed by atoms with Crippen LogP contribution in [0.2, 0.25) is 0 Å². The van der Waals surface area contributed by atoms with Gasteiger partial charge in [0.2, 0.25) is 0 Å². The molecule has 3 aromatic rings. The van der Waals surface area contributed by atoms with Gasteiger partial charge in [-0.05, 0) is 36.6 Å². The van der Waals surface area contributed by atoms with Crippen molar-refractivity contribution >= 4 is 22.7 Å². The molecule has 2 amide bonds. The molecule has 0 aliphatic carbocycles. The van der Waals surface area contributed by atoms with Crippen LogP contribution in [-0.2, 0) is 6.42 Å². The van der Waals surface area contributed by atoms with E-state index >= 15 is 0 Å². The number of fused-ring (bicyclic) bond motifs is 1. The third-order valence-corrected chi connectivity index (χ3v) is 4.00. The first kappa shape index (κ1) is 17.5. The van der Waals surface area contributed by atoms with Crippen LogP contribution in [0.25, 0.3) is 10.9 Å². The van der Waals surface area contributed by atoms with Crippen molar-refractivity contribution in [1.29, 1.82) is 0 Å². The summed E-state index contributed by atoms with van der Waals surface area (Å²) in [4.78, 5) is 32.7. The van der Waals surface area contributed by atoms with Gasteiger partial charge >= 0.3 is 0 Å². The fraction of sp³-hybridized carbons (Fsp3) is 0.200. The van der Waals surface area contributed by atoms with Crippen molar-refractivity contribution in [2.45, 2.75) is 26.2 Å². The minimum absolute atomic E-state index is 0.229. The van der Waals surface area contributed by atoms with Gasteiger partial charge in [0.15, 0.2) is 0 Å². The number of benzene rings is 1. The molecule has 0 saturated heterocycles. The van der Waals surface area contributed by atoms with Gasteiger partial charge in [0, 0.05) is 11.6 Å². The largest absolute Gasteiger partial charge is 0.288 e. The summed E-state index contributed by atoms with van der Waals surface area (Å²) in [6, 6.07) is 14.5. The number of carbonyl (C=O) groups is 2. The van der Waals surface area contributed by atoms with Crippen LogP contribution in [0.4, 0.5) is 0 Å². The molecule has 0 aliphatic heterocycles. The molecule has 0 aliphatic rings. The van der Waals surface area contributed by atoms with E-state index in [1.54, 1.807) is 18.3 Å². The first-order valence-electron chi connectivity index (χ1n) is 8.59. The SMILES string of the molecule is CCCCc1ccc(C(=O)NNC(=O)c2ccc3ccccc3n2)nc1. The van der Waals surface area contributed by atoms with Gasteiger partial charge in [0.25, 0.3) is 11.8 Å². The van der Waals surface area contributed by atoms with Crippen molar-refractivity contribution in [3.63, 3.8) is 0 Å². The van der Waals surface area contributed by atoms with Gasteiger partial charge in [-0.25, -0.2) is 4.98 Å². The minimum Gasteiger partial charge on any atom is -0.266 e. The van der Waals surface area contributed by atoms with Gasteiger partial charge in [-0.15, -0.1) is 0 Å². The van der Waals surface area contributed by atoms with Crippen LogP contribution in [0, 0.1) is 0 Å². The van der Waals surface area contributed by atoms with E-state index in [1.165, 1.54) is 0 Å². The molecule has 0 saturated carbocycles. The van der Waals surface area contributed by atoms with Crippen molar-refractivity contribution in [3.05, 3.63) is 71.7 Å². The second-order valence-electron chi connectivity index (χ2n) is 5.95. The molecule has 6 heteroatoms. The summed E-state index contributed by atoms with van der Waals surface area (Å²) in [5.41, 5.74) is 7.02. The summed E-state index contributed by atoms with van der Waals surface area (Å²) in [5.74, 6) is -0.954. The van der Waals surface area contributed by atoms with Crippen molar-refractivity contribution in [2.24, 2.45) is 0 Å². The zero-order valence-electron chi connectivity index (χ0n) is 14.5. The quantitative estimate of drug-likeness (QED) is 0.694. The fourth-order valence-corrected chi connectivity index (χ4v) is 2.52. The summed E-state index contributed by atoms with van der Waals surface area (Å²) in [5, 5.41) is 0.945. The highest BCUT2D eigenvalue weighted by Gasteiger charge is 2.11. The normalized spacial score (nSPS) is 10.5. The highest BCUT2D eigenvalue weighted by atomic mass is 16.2. The molecule has 1 aromatic carbocycles. The summed E-state index contributed by atoms with van der Waals surface area (Å²) in [6.07, 6.45) is 4.83. The molecule has 0 unspecified atom stereocenters. The van der Waals surface area contributed by atoms with Gasteiger partial charge in [-0.2, -0.15) is 0 Å².